The van der Waals surface area contributed by atoms with Gasteiger partial charge in [-0.05, 0) is 85.6 Å². The van der Waals surface area contributed by atoms with Crippen molar-refractivity contribution in [1.82, 2.24) is 9.88 Å². The van der Waals surface area contributed by atoms with Crippen LogP contribution in [0.15, 0.2) is 42.5 Å². The number of carbonyl (C=O) groups is 1. The molecular weight excluding hydrogens is 453 g/mol. The summed E-state index contributed by atoms with van der Waals surface area (Å²) in [4.78, 5) is 22.5. The van der Waals surface area contributed by atoms with E-state index in [0.29, 0.717) is 29.3 Å². The third-order valence-corrected chi connectivity index (χ3v) is 9.54. The fraction of sp³-hybridized carbons (Fsp3) is 0.556. The third kappa shape index (κ3) is 3.83. The van der Waals surface area contributed by atoms with Gasteiger partial charge in [0.05, 0.1) is 0 Å². The van der Waals surface area contributed by atoms with Crippen LogP contribution in [0.3, 0.4) is 0 Å². The number of benzene rings is 1. The summed E-state index contributed by atoms with van der Waals surface area (Å²) in [6, 6.07) is 14.2. The Morgan fingerprint density at radius 3 is 2.12 bits per heavy atom. The molecule has 1 aromatic carbocycles. The van der Waals surface area contributed by atoms with Crippen molar-refractivity contribution in [3.63, 3.8) is 0 Å². The Labute approximate surface area is 206 Å². The molecule has 4 nitrogen and oxygen atoms in total. The summed E-state index contributed by atoms with van der Waals surface area (Å²) >= 11 is 12.3. The zero-order valence-electron chi connectivity index (χ0n) is 18.9. The highest BCUT2D eigenvalue weighted by molar-refractivity contribution is 6.30. The molecule has 4 bridgehead atoms. The van der Waals surface area contributed by atoms with E-state index in [0.717, 1.165) is 48.9 Å². The Kier molecular flexibility index (Phi) is 5.57. The quantitative estimate of drug-likeness (QED) is 0.513. The first-order chi connectivity index (χ1) is 16.0. The highest BCUT2D eigenvalue weighted by Crippen LogP contribution is 2.64. The van der Waals surface area contributed by atoms with E-state index >= 15 is 0 Å². The van der Waals surface area contributed by atoms with Crippen molar-refractivity contribution < 1.29 is 4.79 Å². The molecule has 0 N–H and O–H groups in total. The lowest BCUT2D eigenvalue weighted by atomic mass is 9.43. The van der Waals surface area contributed by atoms with Gasteiger partial charge in [0.2, 0.25) is 5.91 Å². The van der Waals surface area contributed by atoms with E-state index in [9.17, 15) is 4.79 Å². The van der Waals surface area contributed by atoms with Crippen molar-refractivity contribution in [1.29, 1.82) is 0 Å². The smallest absolute Gasteiger partial charge is 0.223 e. The molecule has 4 saturated carbocycles. The summed E-state index contributed by atoms with van der Waals surface area (Å²) in [6.45, 7) is 3.07. The second-order valence-electron chi connectivity index (χ2n) is 10.7. The van der Waals surface area contributed by atoms with Gasteiger partial charge in [0.15, 0.2) is 0 Å². The standard InChI is InChI=1S/C27H31Cl2N3O/c28-23-6-4-20(5-7-23)27(21-13-18-12-19(15-21)16-22(27)14-18)17-26(33)32-10-8-31(9-11-32)25-3-1-2-24(29)30-25/h1-7,18-19,21-22H,8-17H2. The maximum absolute atomic E-state index is 13.8. The van der Waals surface area contributed by atoms with Crippen LogP contribution in [-0.4, -0.2) is 42.0 Å². The van der Waals surface area contributed by atoms with Gasteiger partial charge >= 0.3 is 0 Å². The largest absolute Gasteiger partial charge is 0.353 e. The molecule has 33 heavy (non-hydrogen) atoms. The highest BCUT2D eigenvalue weighted by atomic mass is 35.5. The van der Waals surface area contributed by atoms with E-state index in [1.165, 1.54) is 37.7 Å². The first kappa shape index (κ1) is 21.7. The minimum Gasteiger partial charge on any atom is -0.353 e. The second-order valence-corrected chi connectivity index (χ2v) is 11.5. The van der Waals surface area contributed by atoms with Crippen LogP contribution in [0.2, 0.25) is 10.2 Å². The molecule has 1 aromatic heterocycles. The summed E-state index contributed by atoms with van der Waals surface area (Å²) < 4.78 is 0. The summed E-state index contributed by atoms with van der Waals surface area (Å²) in [7, 11) is 0. The fourth-order valence-electron chi connectivity index (χ4n) is 7.77. The molecule has 5 fully saturated rings. The van der Waals surface area contributed by atoms with Gasteiger partial charge in [-0.15, -0.1) is 0 Å². The maximum Gasteiger partial charge on any atom is 0.223 e. The van der Waals surface area contributed by atoms with Gasteiger partial charge in [0.25, 0.3) is 0 Å². The van der Waals surface area contributed by atoms with E-state index < -0.39 is 0 Å². The van der Waals surface area contributed by atoms with Gasteiger partial charge in [-0.25, -0.2) is 4.98 Å². The number of piperazine rings is 1. The van der Waals surface area contributed by atoms with Crippen molar-refractivity contribution >= 4 is 34.9 Å². The summed E-state index contributed by atoms with van der Waals surface area (Å²) in [6.07, 6.45) is 7.21. The molecule has 1 aliphatic heterocycles. The van der Waals surface area contributed by atoms with Gasteiger partial charge < -0.3 is 9.80 Å². The number of pyridine rings is 1. The Hall–Kier alpha value is -1.78. The topological polar surface area (TPSA) is 36.4 Å². The predicted octanol–water partition coefficient (Wildman–Crippen LogP) is 5.82. The fourth-order valence-corrected chi connectivity index (χ4v) is 8.05. The molecule has 6 heteroatoms. The first-order valence-corrected chi connectivity index (χ1v) is 13.2. The molecule has 7 rings (SSSR count). The van der Waals surface area contributed by atoms with Crippen LogP contribution in [0.4, 0.5) is 5.82 Å². The minimum atomic E-state index is -0.0270. The number of amides is 1. The normalized spacial score (nSPS) is 32.9. The Bertz CT molecular complexity index is 1000. The van der Waals surface area contributed by atoms with Crippen LogP contribution in [0.1, 0.15) is 44.1 Å². The van der Waals surface area contributed by atoms with Gasteiger partial charge in [0.1, 0.15) is 11.0 Å². The Morgan fingerprint density at radius 2 is 1.52 bits per heavy atom. The van der Waals surface area contributed by atoms with Crippen molar-refractivity contribution in [2.75, 3.05) is 31.1 Å². The Morgan fingerprint density at radius 1 is 0.879 bits per heavy atom. The number of anilines is 1. The van der Waals surface area contributed by atoms with Gasteiger partial charge in [0, 0.05) is 43.0 Å². The molecular formula is C27H31Cl2N3O. The zero-order valence-corrected chi connectivity index (χ0v) is 20.4. The monoisotopic (exact) mass is 483 g/mol. The number of rotatable bonds is 4. The minimum absolute atomic E-state index is 0.0270. The molecule has 1 amide bonds. The first-order valence-electron chi connectivity index (χ1n) is 12.4. The predicted molar refractivity (Wildman–Crippen MR) is 133 cm³/mol. The number of halogens is 2. The number of carbonyl (C=O) groups excluding carboxylic acids is 1. The van der Waals surface area contributed by atoms with E-state index in [1.54, 1.807) is 6.07 Å². The number of hydrogen-bond acceptors (Lipinski definition) is 3. The molecule has 0 unspecified atom stereocenters. The van der Waals surface area contributed by atoms with Gasteiger partial charge in [-0.3, -0.25) is 4.79 Å². The van der Waals surface area contributed by atoms with Crippen molar-refractivity contribution in [2.24, 2.45) is 23.7 Å². The van der Waals surface area contributed by atoms with Crippen LogP contribution in [0.25, 0.3) is 0 Å². The van der Waals surface area contributed by atoms with E-state index in [4.69, 9.17) is 23.2 Å². The molecule has 4 aliphatic carbocycles. The molecule has 5 aliphatic rings. The maximum atomic E-state index is 13.8. The molecule has 174 valence electrons. The van der Waals surface area contributed by atoms with Crippen LogP contribution in [-0.2, 0) is 10.2 Å². The van der Waals surface area contributed by atoms with Crippen LogP contribution < -0.4 is 4.90 Å². The SMILES string of the molecule is O=C(CC1(c2ccc(Cl)cc2)C2CC3CC(C2)CC1C3)N1CCN(c2cccc(Cl)n2)CC1. The number of nitrogens with zero attached hydrogens (tertiary/aromatic N) is 3. The average Bonchev–Trinajstić information content (AvgIpc) is 2.82. The number of aromatic nitrogens is 1. The number of hydrogen-bond donors (Lipinski definition) is 0. The molecule has 0 spiro atoms. The molecule has 0 atom stereocenters. The lowest BCUT2D eigenvalue weighted by Crippen LogP contribution is -2.58. The third-order valence-electron chi connectivity index (χ3n) is 9.08. The molecule has 0 radical (unpaired) electrons. The van der Waals surface area contributed by atoms with Gasteiger partial charge in [-0.2, -0.15) is 0 Å². The van der Waals surface area contributed by atoms with Crippen molar-refractivity contribution in [3.05, 3.63) is 58.2 Å². The summed E-state index contributed by atoms with van der Waals surface area (Å²) in [5.41, 5.74) is 1.32. The lowest BCUT2D eigenvalue weighted by Gasteiger charge is -2.62. The molecule has 1 saturated heterocycles. The summed E-state index contributed by atoms with van der Waals surface area (Å²) in [5.74, 6) is 4.20. The van der Waals surface area contributed by atoms with Crippen LogP contribution in [0.5, 0.6) is 0 Å². The Balaban J connectivity index is 1.22. The molecule has 2 heterocycles. The highest BCUT2D eigenvalue weighted by Gasteiger charge is 2.58. The van der Waals surface area contributed by atoms with Crippen LogP contribution >= 0.6 is 23.2 Å². The second kappa shape index (κ2) is 8.46. The van der Waals surface area contributed by atoms with Crippen molar-refractivity contribution in [2.45, 2.75) is 43.9 Å². The van der Waals surface area contributed by atoms with E-state index in [-0.39, 0.29) is 5.41 Å². The van der Waals surface area contributed by atoms with Gasteiger partial charge in [-0.1, -0.05) is 41.4 Å². The van der Waals surface area contributed by atoms with E-state index in [2.05, 4.69) is 26.9 Å². The molecule has 2 aromatic rings. The lowest BCUT2D eigenvalue weighted by molar-refractivity contribution is -0.139. The summed E-state index contributed by atoms with van der Waals surface area (Å²) in [5, 5.41) is 1.28. The zero-order chi connectivity index (χ0) is 22.6. The van der Waals surface area contributed by atoms with Crippen molar-refractivity contribution in [3.8, 4) is 0 Å². The average molecular weight is 484 g/mol. The van der Waals surface area contributed by atoms with Crippen LogP contribution in [0, 0.1) is 23.7 Å². The van der Waals surface area contributed by atoms with E-state index in [1.807, 2.05) is 24.3 Å².